The summed E-state index contributed by atoms with van der Waals surface area (Å²) in [4.78, 5) is 29.1. The molecule has 0 aliphatic heterocycles. The molecule has 24 heavy (non-hydrogen) atoms. The summed E-state index contributed by atoms with van der Waals surface area (Å²) in [5, 5.41) is 3.80. The first-order valence-electron chi connectivity index (χ1n) is 7.55. The molecule has 0 atom stereocenters. The maximum atomic E-state index is 12.4. The summed E-state index contributed by atoms with van der Waals surface area (Å²) < 4.78 is 11.8. The molecule has 0 amide bonds. The number of esters is 2. The zero-order chi connectivity index (χ0) is 17.1. The SMILES string of the molecule is CCOC(=O)c1cccn2c(C(=O)OCC)c(-c3ccsc3)nc12. The monoisotopic (exact) mass is 344 g/mol. The Bertz CT molecular complexity index is 884. The zero-order valence-electron chi connectivity index (χ0n) is 13.3. The van der Waals surface area contributed by atoms with Gasteiger partial charge in [0.15, 0.2) is 11.3 Å². The fourth-order valence-electron chi connectivity index (χ4n) is 2.43. The van der Waals surface area contributed by atoms with E-state index in [0.29, 0.717) is 22.6 Å². The Morgan fingerprint density at radius 2 is 1.92 bits per heavy atom. The molecule has 3 aromatic heterocycles. The van der Waals surface area contributed by atoms with E-state index in [1.807, 2.05) is 16.8 Å². The van der Waals surface area contributed by atoms with Crippen LogP contribution in [-0.2, 0) is 9.47 Å². The highest BCUT2D eigenvalue weighted by atomic mass is 32.1. The number of carbonyl (C=O) groups excluding carboxylic acids is 2. The van der Waals surface area contributed by atoms with Crippen LogP contribution in [0.4, 0.5) is 0 Å². The van der Waals surface area contributed by atoms with Gasteiger partial charge in [-0.25, -0.2) is 14.6 Å². The Labute approximate surface area is 142 Å². The predicted molar refractivity (Wildman–Crippen MR) is 90.4 cm³/mol. The molecule has 0 radical (unpaired) electrons. The second kappa shape index (κ2) is 6.84. The average Bonchev–Trinajstić information content (AvgIpc) is 3.22. The zero-order valence-corrected chi connectivity index (χ0v) is 14.1. The van der Waals surface area contributed by atoms with Gasteiger partial charge in [-0.3, -0.25) is 4.40 Å². The molecule has 0 unspecified atom stereocenters. The summed E-state index contributed by atoms with van der Waals surface area (Å²) in [5.41, 5.74) is 2.29. The minimum Gasteiger partial charge on any atom is -0.462 e. The Morgan fingerprint density at radius 1 is 1.17 bits per heavy atom. The Hall–Kier alpha value is -2.67. The number of imidazole rings is 1. The third-order valence-corrected chi connectivity index (χ3v) is 4.09. The van der Waals surface area contributed by atoms with Crippen molar-refractivity contribution in [3.05, 3.63) is 46.4 Å². The van der Waals surface area contributed by atoms with Crippen molar-refractivity contribution in [1.82, 2.24) is 9.38 Å². The number of nitrogens with zero attached hydrogens (tertiary/aromatic N) is 2. The molecule has 0 spiro atoms. The largest absolute Gasteiger partial charge is 0.462 e. The van der Waals surface area contributed by atoms with Gasteiger partial charge in [-0.1, -0.05) is 0 Å². The topological polar surface area (TPSA) is 69.9 Å². The van der Waals surface area contributed by atoms with Crippen LogP contribution in [0.5, 0.6) is 0 Å². The van der Waals surface area contributed by atoms with E-state index in [0.717, 1.165) is 5.56 Å². The Kier molecular flexibility index (Phi) is 4.61. The normalized spacial score (nSPS) is 10.8. The number of aromatic nitrogens is 2. The lowest BCUT2D eigenvalue weighted by Gasteiger charge is -2.05. The van der Waals surface area contributed by atoms with Crippen LogP contribution in [-0.4, -0.2) is 34.5 Å². The molecule has 3 aromatic rings. The third kappa shape index (κ3) is 2.78. The van der Waals surface area contributed by atoms with Gasteiger partial charge >= 0.3 is 11.9 Å². The smallest absolute Gasteiger partial charge is 0.357 e. The van der Waals surface area contributed by atoms with Gasteiger partial charge in [0.05, 0.1) is 13.2 Å². The summed E-state index contributed by atoms with van der Waals surface area (Å²) in [5.74, 6) is -0.951. The van der Waals surface area contributed by atoms with Crippen molar-refractivity contribution in [3.63, 3.8) is 0 Å². The van der Waals surface area contributed by atoms with E-state index in [1.165, 1.54) is 11.3 Å². The molecule has 124 valence electrons. The fourth-order valence-corrected chi connectivity index (χ4v) is 3.07. The highest BCUT2D eigenvalue weighted by Crippen LogP contribution is 2.28. The van der Waals surface area contributed by atoms with Gasteiger partial charge in [0, 0.05) is 17.1 Å². The summed E-state index contributed by atoms with van der Waals surface area (Å²) in [6, 6.07) is 5.19. The van der Waals surface area contributed by atoms with Crippen LogP contribution >= 0.6 is 11.3 Å². The van der Waals surface area contributed by atoms with Crippen LogP contribution in [0.1, 0.15) is 34.7 Å². The second-order valence-corrected chi connectivity index (χ2v) is 5.66. The lowest BCUT2D eigenvalue weighted by molar-refractivity contribution is 0.0510. The van der Waals surface area contributed by atoms with Crippen molar-refractivity contribution in [2.75, 3.05) is 13.2 Å². The van der Waals surface area contributed by atoms with Gasteiger partial charge in [0.25, 0.3) is 0 Å². The number of hydrogen-bond acceptors (Lipinski definition) is 6. The Morgan fingerprint density at radius 3 is 2.58 bits per heavy atom. The van der Waals surface area contributed by atoms with Gasteiger partial charge in [0.2, 0.25) is 0 Å². The summed E-state index contributed by atoms with van der Waals surface area (Å²) >= 11 is 1.50. The standard InChI is InChI=1S/C17H16N2O4S/c1-3-22-16(20)12-6-5-8-19-14(17(21)23-4-2)13(18-15(12)19)11-7-9-24-10-11/h5-10H,3-4H2,1-2H3. The average molecular weight is 344 g/mol. The van der Waals surface area contributed by atoms with Gasteiger partial charge in [-0.05, 0) is 37.4 Å². The van der Waals surface area contributed by atoms with E-state index in [2.05, 4.69) is 4.98 Å². The number of pyridine rings is 1. The minimum absolute atomic E-state index is 0.257. The van der Waals surface area contributed by atoms with E-state index >= 15 is 0 Å². The molecule has 3 heterocycles. The highest BCUT2D eigenvalue weighted by molar-refractivity contribution is 7.08. The van der Waals surface area contributed by atoms with E-state index < -0.39 is 11.9 Å². The van der Waals surface area contributed by atoms with Crippen LogP contribution in [0.15, 0.2) is 35.2 Å². The minimum atomic E-state index is -0.479. The molecule has 0 aliphatic carbocycles. The maximum Gasteiger partial charge on any atom is 0.357 e. The van der Waals surface area contributed by atoms with E-state index in [1.54, 1.807) is 36.6 Å². The number of hydrogen-bond donors (Lipinski definition) is 0. The van der Waals surface area contributed by atoms with Crippen molar-refractivity contribution in [1.29, 1.82) is 0 Å². The van der Waals surface area contributed by atoms with Crippen LogP contribution in [0.25, 0.3) is 16.9 Å². The molecular formula is C17H16N2O4S. The summed E-state index contributed by atoms with van der Waals surface area (Å²) in [6.45, 7) is 4.01. The molecule has 6 nitrogen and oxygen atoms in total. The second-order valence-electron chi connectivity index (χ2n) is 4.88. The number of thiophene rings is 1. The highest BCUT2D eigenvalue weighted by Gasteiger charge is 2.25. The van der Waals surface area contributed by atoms with Crippen molar-refractivity contribution in [2.45, 2.75) is 13.8 Å². The van der Waals surface area contributed by atoms with E-state index in [-0.39, 0.29) is 13.2 Å². The first-order chi connectivity index (χ1) is 11.7. The van der Waals surface area contributed by atoms with Crippen molar-refractivity contribution >= 4 is 28.9 Å². The van der Waals surface area contributed by atoms with Crippen LogP contribution in [0, 0.1) is 0 Å². The molecule has 7 heteroatoms. The van der Waals surface area contributed by atoms with Crippen molar-refractivity contribution in [3.8, 4) is 11.3 Å². The maximum absolute atomic E-state index is 12.4. The van der Waals surface area contributed by atoms with E-state index in [9.17, 15) is 9.59 Å². The van der Waals surface area contributed by atoms with E-state index in [4.69, 9.17) is 9.47 Å². The third-order valence-electron chi connectivity index (χ3n) is 3.41. The molecular weight excluding hydrogens is 328 g/mol. The van der Waals surface area contributed by atoms with Crippen LogP contribution in [0.3, 0.4) is 0 Å². The quantitative estimate of drug-likeness (QED) is 0.663. The molecule has 0 fully saturated rings. The molecule has 0 N–H and O–H groups in total. The Balaban J connectivity index is 2.26. The number of rotatable bonds is 5. The number of ether oxygens (including phenoxy) is 2. The van der Waals surface area contributed by atoms with Gasteiger partial charge < -0.3 is 9.47 Å². The molecule has 0 aromatic carbocycles. The van der Waals surface area contributed by atoms with Gasteiger partial charge in [-0.15, -0.1) is 0 Å². The summed E-state index contributed by atoms with van der Waals surface area (Å²) in [6.07, 6.45) is 1.69. The molecule has 0 aliphatic rings. The summed E-state index contributed by atoms with van der Waals surface area (Å²) in [7, 11) is 0. The fraction of sp³-hybridized carbons (Fsp3) is 0.235. The lowest BCUT2D eigenvalue weighted by Crippen LogP contribution is -2.11. The molecule has 0 bridgehead atoms. The first-order valence-corrected chi connectivity index (χ1v) is 8.49. The van der Waals surface area contributed by atoms with Crippen LogP contribution < -0.4 is 0 Å². The molecule has 3 rings (SSSR count). The van der Waals surface area contributed by atoms with Gasteiger partial charge in [0.1, 0.15) is 11.3 Å². The van der Waals surface area contributed by atoms with Crippen LogP contribution in [0.2, 0.25) is 0 Å². The molecule has 0 saturated heterocycles. The molecule has 0 saturated carbocycles. The van der Waals surface area contributed by atoms with Crippen molar-refractivity contribution in [2.24, 2.45) is 0 Å². The number of fused-ring (bicyclic) bond motifs is 1. The first kappa shape index (κ1) is 16.2. The predicted octanol–water partition coefficient (Wildman–Crippen LogP) is 3.42. The van der Waals surface area contributed by atoms with Gasteiger partial charge in [-0.2, -0.15) is 11.3 Å². The van der Waals surface area contributed by atoms with Crippen molar-refractivity contribution < 1.29 is 19.1 Å². The lowest BCUT2D eigenvalue weighted by atomic mass is 10.2. The number of carbonyl (C=O) groups is 2.